The standard InChI is InChI=1S/C21H11Cl2FN2O4/c22-16-6-4-13(9-17(16)23)26-20(28)15(19(27)25-21(26)29)10-14-5-7-18(30-14)11-2-1-3-12(24)8-11/h1-10H,(H,25,27,29)/b15-10+. The largest absolute Gasteiger partial charge is 0.457 e. The molecule has 1 aliphatic heterocycles. The number of anilines is 1. The highest BCUT2D eigenvalue weighted by molar-refractivity contribution is 6.43. The molecular weight excluding hydrogens is 434 g/mol. The Morgan fingerprint density at radius 1 is 0.967 bits per heavy atom. The number of carbonyl (C=O) groups excluding carboxylic acids is 3. The summed E-state index contributed by atoms with van der Waals surface area (Å²) in [6.07, 6.45) is 1.21. The van der Waals surface area contributed by atoms with Gasteiger partial charge in [0.1, 0.15) is 22.9 Å². The van der Waals surface area contributed by atoms with Gasteiger partial charge in [0.2, 0.25) is 0 Å². The summed E-state index contributed by atoms with van der Waals surface area (Å²) < 4.78 is 19.0. The molecule has 1 aliphatic rings. The van der Waals surface area contributed by atoms with Gasteiger partial charge in [-0.3, -0.25) is 14.9 Å². The highest BCUT2D eigenvalue weighted by Crippen LogP contribution is 2.30. The first-order valence-corrected chi connectivity index (χ1v) is 9.31. The summed E-state index contributed by atoms with van der Waals surface area (Å²) in [4.78, 5) is 38.1. The topological polar surface area (TPSA) is 79.6 Å². The average Bonchev–Trinajstić information content (AvgIpc) is 3.16. The number of imide groups is 2. The molecule has 2 aromatic carbocycles. The van der Waals surface area contributed by atoms with Gasteiger partial charge in [0, 0.05) is 5.56 Å². The van der Waals surface area contributed by atoms with Gasteiger partial charge >= 0.3 is 6.03 Å². The van der Waals surface area contributed by atoms with Crippen molar-refractivity contribution in [3.8, 4) is 11.3 Å². The van der Waals surface area contributed by atoms with Crippen LogP contribution in [0.5, 0.6) is 0 Å². The van der Waals surface area contributed by atoms with E-state index in [0.717, 1.165) is 4.90 Å². The van der Waals surface area contributed by atoms with E-state index in [1.165, 1.54) is 48.5 Å². The molecule has 6 nitrogen and oxygen atoms in total. The van der Waals surface area contributed by atoms with Crippen LogP contribution in [0.1, 0.15) is 5.76 Å². The minimum absolute atomic E-state index is 0.142. The lowest BCUT2D eigenvalue weighted by atomic mass is 10.1. The molecule has 0 radical (unpaired) electrons. The van der Waals surface area contributed by atoms with E-state index in [4.69, 9.17) is 27.6 Å². The van der Waals surface area contributed by atoms with Crippen LogP contribution in [0, 0.1) is 5.82 Å². The van der Waals surface area contributed by atoms with E-state index in [2.05, 4.69) is 5.32 Å². The van der Waals surface area contributed by atoms with Gasteiger partial charge < -0.3 is 4.42 Å². The number of nitrogens with zero attached hydrogens (tertiary/aromatic N) is 1. The van der Waals surface area contributed by atoms with Crippen LogP contribution in [-0.2, 0) is 9.59 Å². The number of hydrogen-bond donors (Lipinski definition) is 1. The quantitative estimate of drug-likeness (QED) is 0.452. The summed E-state index contributed by atoms with van der Waals surface area (Å²) in [7, 11) is 0. The first-order valence-electron chi connectivity index (χ1n) is 8.56. The number of furan rings is 1. The second kappa shape index (κ2) is 7.78. The van der Waals surface area contributed by atoms with Crippen molar-refractivity contribution in [1.82, 2.24) is 5.32 Å². The SMILES string of the molecule is O=C1NC(=O)N(c2ccc(Cl)c(Cl)c2)C(=O)/C1=C/c1ccc(-c2cccc(F)c2)o1. The molecule has 0 bridgehead atoms. The van der Waals surface area contributed by atoms with Crippen molar-refractivity contribution in [2.24, 2.45) is 0 Å². The molecule has 0 atom stereocenters. The van der Waals surface area contributed by atoms with E-state index >= 15 is 0 Å². The summed E-state index contributed by atoms with van der Waals surface area (Å²) in [5, 5.41) is 2.49. The smallest absolute Gasteiger partial charge is 0.335 e. The Balaban J connectivity index is 1.68. The Hall–Kier alpha value is -3.42. The number of nitrogens with one attached hydrogen (secondary N) is 1. The Bertz CT molecular complexity index is 1240. The van der Waals surface area contributed by atoms with E-state index in [1.807, 2.05) is 0 Å². The number of barbiturate groups is 1. The van der Waals surface area contributed by atoms with Crippen LogP contribution in [0.4, 0.5) is 14.9 Å². The Labute approximate surface area is 179 Å². The molecule has 30 heavy (non-hydrogen) atoms. The fraction of sp³-hybridized carbons (Fsp3) is 0. The third-order valence-corrected chi connectivity index (χ3v) is 5.02. The summed E-state index contributed by atoms with van der Waals surface area (Å²) in [5.74, 6) is -1.63. The van der Waals surface area contributed by atoms with Gasteiger partial charge in [-0.1, -0.05) is 35.3 Å². The highest BCUT2D eigenvalue weighted by Gasteiger charge is 2.37. The Morgan fingerprint density at radius 3 is 2.50 bits per heavy atom. The second-order valence-electron chi connectivity index (χ2n) is 6.27. The van der Waals surface area contributed by atoms with E-state index in [9.17, 15) is 18.8 Å². The minimum Gasteiger partial charge on any atom is -0.457 e. The van der Waals surface area contributed by atoms with Crippen LogP contribution in [0.25, 0.3) is 17.4 Å². The molecule has 1 fully saturated rings. The molecule has 9 heteroatoms. The predicted molar refractivity (Wildman–Crippen MR) is 110 cm³/mol. The van der Waals surface area contributed by atoms with Gasteiger partial charge in [0.25, 0.3) is 11.8 Å². The molecule has 150 valence electrons. The molecular formula is C21H11Cl2FN2O4. The lowest BCUT2D eigenvalue weighted by molar-refractivity contribution is -0.122. The molecule has 0 saturated carbocycles. The van der Waals surface area contributed by atoms with Crippen molar-refractivity contribution in [2.75, 3.05) is 4.90 Å². The molecule has 0 unspecified atom stereocenters. The fourth-order valence-corrected chi connectivity index (χ4v) is 3.18. The lowest BCUT2D eigenvalue weighted by Gasteiger charge is -2.26. The van der Waals surface area contributed by atoms with Gasteiger partial charge in [-0.25, -0.2) is 14.1 Å². The summed E-state index contributed by atoms with van der Waals surface area (Å²) in [6.45, 7) is 0. The number of hydrogen-bond acceptors (Lipinski definition) is 4. The van der Waals surface area contributed by atoms with Crippen LogP contribution in [0.15, 0.2) is 64.6 Å². The van der Waals surface area contributed by atoms with E-state index < -0.39 is 23.7 Å². The Kier molecular flexibility index (Phi) is 5.15. The lowest BCUT2D eigenvalue weighted by Crippen LogP contribution is -2.54. The van der Waals surface area contributed by atoms with Crippen molar-refractivity contribution in [3.63, 3.8) is 0 Å². The second-order valence-corrected chi connectivity index (χ2v) is 7.08. The van der Waals surface area contributed by atoms with E-state index in [-0.39, 0.29) is 27.1 Å². The molecule has 4 amide bonds. The molecule has 1 aromatic heterocycles. The van der Waals surface area contributed by atoms with E-state index in [1.54, 1.807) is 12.1 Å². The molecule has 3 aromatic rings. The number of urea groups is 1. The average molecular weight is 445 g/mol. The zero-order valence-electron chi connectivity index (χ0n) is 15.0. The molecule has 0 spiro atoms. The molecule has 2 heterocycles. The third kappa shape index (κ3) is 3.72. The predicted octanol–water partition coefficient (Wildman–Crippen LogP) is 5.06. The van der Waals surface area contributed by atoms with Crippen molar-refractivity contribution < 1.29 is 23.2 Å². The molecule has 1 saturated heterocycles. The van der Waals surface area contributed by atoms with Crippen LogP contribution in [0.2, 0.25) is 10.0 Å². The van der Waals surface area contributed by atoms with Crippen LogP contribution < -0.4 is 10.2 Å². The monoisotopic (exact) mass is 444 g/mol. The maximum Gasteiger partial charge on any atom is 0.335 e. The molecule has 1 N–H and O–H groups in total. The molecule has 0 aliphatic carbocycles. The van der Waals surface area contributed by atoms with Gasteiger partial charge in [-0.15, -0.1) is 0 Å². The normalized spacial score (nSPS) is 15.6. The van der Waals surface area contributed by atoms with Crippen molar-refractivity contribution in [2.45, 2.75) is 0 Å². The first kappa shape index (κ1) is 19.9. The fourth-order valence-electron chi connectivity index (χ4n) is 2.89. The van der Waals surface area contributed by atoms with Crippen LogP contribution in [-0.4, -0.2) is 17.8 Å². The minimum atomic E-state index is -0.916. The molecule has 4 rings (SSSR count). The number of rotatable bonds is 3. The zero-order chi connectivity index (χ0) is 21.4. The third-order valence-electron chi connectivity index (χ3n) is 4.29. The number of carbonyl (C=O) groups is 3. The van der Waals surface area contributed by atoms with Gasteiger partial charge in [-0.2, -0.15) is 0 Å². The van der Waals surface area contributed by atoms with Gasteiger partial charge in [0.15, 0.2) is 0 Å². The van der Waals surface area contributed by atoms with Crippen molar-refractivity contribution in [1.29, 1.82) is 0 Å². The van der Waals surface area contributed by atoms with Crippen molar-refractivity contribution in [3.05, 3.63) is 81.8 Å². The first-order chi connectivity index (χ1) is 14.3. The maximum atomic E-state index is 13.4. The number of benzene rings is 2. The number of halogens is 3. The van der Waals surface area contributed by atoms with E-state index in [0.29, 0.717) is 11.3 Å². The van der Waals surface area contributed by atoms with Gasteiger partial charge in [0.05, 0.1) is 15.7 Å². The van der Waals surface area contributed by atoms with Crippen molar-refractivity contribution >= 4 is 52.8 Å². The summed E-state index contributed by atoms with van der Waals surface area (Å²) in [6, 6.07) is 12.2. The summed E-state index contributed by atoms with van der Waals surface area (Å²) >= 11 is 11.8. The number of amides is 4. The van der Waals surface area contributed by atoms with Gasteiger partial charge in [-0.05, 0) is 48.5 Å². The zero-order valence-corrected chi connectivity index (χ0v) is 16.5. The van der Waals surface area contributed by atoms with Crippen LogP contribution in [0.3, 0.4) is 0 Å². The maximum absolute atomic E-state index is 13.4. The Morgan fingerprint density at radius 2 is 1.77 bits per heavy atom. The summed E-state index contributed by atoms with van der Waals surface area (Å²) in [5.41, 5.74) is 0.317. The highest BCUT2D eigenvalue weighted by atomic mass is 35.5. The van der Waals surface area contributed by atoms with Crippen LogP contribution >= 0.6 is 23.2 Å².